The molecule has 1 spiro atoms. The number of likely N-dealkylation sites (tertiary alicyclic amines) is 1. The Morgan fingerprint density at radius 3 is 2.69 bits per heavy atom. The molecule has 1 aromatic rings. The van der Waals surface area contributed by atoms with Gasteiger partial charge in [-0.3, -0.25) is 24.2 Å². The number of unbranched alkanes of at least 4 members (excludes halogenated alkanes) is 1. The average Bonchev–Trinajstić information content (AvgIpc) is 3.71. The van der Waals surface area contributed by atoms with Crippen molar-refractivity contribution in [3.63, 3.8) is 0 Å². The lowest BCUT2D eigenvalue weighted by atomic mass is 9.42. The number of piperidine rings is 1. The molecule has 5 atom stereocenters. The van der Waals surface area contributed by atoms with Crippen LogP contribution in [-0.4, -0.2) is 97.4 Å². The standard InChI is InChI=1S/C35H47N3O7/c1-43-26-12-14-34(13-4-19-39)27-21-24-8-9-25(32-31(24)35(34,33(26)45-32)15-17-37(27)22-23-6-7-23)44-20-3-2-5-28(40)36-16-18-38-29(41)10-11-30(38)42/h8-11,23,26-27,33,39H,2-7,12-22H2,1H3,(H,36,40)/t26?,27-,33+,34+,35+/m1/s1. The van der Waals surface area contributed by atoms with E-state index in [1.807, 2.05) is 7.11 Å². The summed E-state index contributed by atoms with van der Waals surface area (Å²) in [4.78, 5) is 39.6. The number of carbonyl (C=O) groups excluding carboxylic acids is 3. The van der Waals surface area contributed by atoms with E-state index in [1.54, 1.807) is 0 Å². The van der Waals surface area contributed by atoms with Crippen LogP contribution in [0.15, 0.2) is 24.3 Å². The number of hydrogen-bond acceptors (Lipinski definition) is 8. The van der Waals surface area contributed by atoms with E-state index in [4.69, 9.17) is 14.2 Å². The Morgan fingerprint density at radius 1 is 1.11 bits per heavy atom. The Balaban J connectivity index is 1.03. The van der Waals surface area contributed by atoms with Crippen molar-refractivity contribution in [2.24, 2.45) is 11.3 Å². The first-order valence-electron chi connectivity index (χ1n) is 17.1. The van der Waals surface area contributed by atoms with Gasteiger partial charge in [-0.25, -0.2) is 0 Å². The number of nitrogens with one attached hydrogen (secondary N) is 1. The minimum absolute atomic E-state index is 0.0190. The van der Waals surface area contributed by atoms with E-state index < -0.39 is 0 Å². The Hall–Kier alpha value is -2.95. The third-order valence-electron chi connectivity index (χ3n) is 11.7. The number of ether oxygens (including phenoxy) is 3. The number of aliphatic hydroxyl groups excluding tert-OH is 1. The fourth-order valence-electron chi connectivity index (χ4n) is 9.52. The number of carbonyl (C=O) groups is 3. The van der Waals surface area contributed by atoms with Crippen LogP contribution in [0.4, 0.5) is 0 Å². The number of amides is 3. The van der Waals surface area contributed by atoms with Gasteiger partial charge in [0, 0.05) is 68.9 Å². The number of hydrogen-bond donors (Lipinski definition) is 2. The Bertz CT molecular complexity index is 1340. The molecular weight excluding hydrogens is 574 g/mol. The van der Waals surface area contributed by atoms with Gasteiger partial charge in [0.05, 0.1) is 12.7 Å². The topological polar surface area (TPSA) is 118 Å². The van der Waals surface area contributed by atoms with Gasteiger partial charge >= 0.3 is 0 Å². The van der Waals surface area contributed by atoms with Crippen LogP contribution in [0.2, 0.25) is 0 Å². The molecule has 3 aliphatic carbocycles. The lowest BCUT2D eigenvalue weighted by Gasteiger charge is -2.67. The van der Waals surface area contributed by atoms with Crippen molar-refractivity contribution in [2.45, 2.75) is 94.3 Å². The van der Waals surface area contributed by atoms with Crippen LogP contribution in [0.5, 0.6) is 11.5 Å². The van der Waals surface area contributed by atoms with Gasteiger partial charge in [-0.2, -0.15) is 0 Å². The van der Waals surface area contributed by atoms with E-state index in [0.717, 1.165) is 67.4 Å². The van der Waals surface area contributed by atoms with E-state index >= 15 is 0 Å². The zero-order valence-corrected chi connectivity index (χ0v) is 26.4. The summed E-state index contributed by atoms with van der Waals surface area (Å²) in [6.45, 7) is 3.37. The highest BCUT2D eigenvalue weighted by Crippen LogP contribution is 2.70. The Kier molecular flexibility index (Phi) is 8.42. The van der Waals surface area contributed by atoms with Gasteiger partial charge in [0.15, 0.2) is 11.5 Å². The highest BCUT2D eigenvalue weighted by atomic mass is 16.6. The summed E-state index contributed by atoms with van der Waals surface area (Å²) in [7, 11) is 1.81. The zero-order valence-electron chi connectivity index (χ0n) is 26.4. The van der Waals surface area contributed by atoms with Crippen molar-refractivity contribution in [3.8, 4) is 11.5 Å². The maximum atomic E-state index is 12.3. The molecule has 3 heterocycles. The molecule has 45 heavy (non-hydrogen) atoms. The maximum absolute atomic E-state index is 12.3. The average molecular weight is 622 g/mol. The minimum atomic E-state index is -0.341. The molecule has 7 rings (SSSR count). The van der Waals surface area contributed by atoms with Crippen molar-refractivity contribution in [3.05, 3.63) is 35.4 Å². The number of rotatable bonds is 15. The molecule has 2 bridgehead atoms. The lowest BCUT2D eigenvalue weighted by molar-refractivity contribution is -0.172. The molecule has 2 saturated carbocycles. The molecule has 10 heteroatoms. The highest BCUT2D eigenvalue weighted by Gasteiger charge is 2.72. The first-order valence-corrected chi connectivity index (χ1v) is 17.1. The summed E-state index contributed by atoms with van der Waals surface area (Å²) in [6.07, 6.45) is 12.8. The quantitative estimate of drug-likeness (QED) is 0.227. The second kappa shape index (κ2) is 12.3. The van der Waals surface area contributed by atoms with Gasteiger partial charge in [0.1, 0.15) is 6.10 Å². The normalized spacial score (nSPS) is 31.2. The molecule has 1 saturated heterocycles. The summed E-state index contributed by atoms with van der Waals surface area (Å²) in [6, 6.07) is 4.79. The first-order chi connectivity index (χ1) is 21.9. The molecule has 3 aliphatic heterocycles. The van der Waals surface area contributed by atoms with E-state index in [-0.39, 0.29) is 60.5 Å². The van der Waals surface area contributed by atoms with Gasteiger partial charge in [-0.15, -0.1) is 0 Å². The molecule has 0 aromatic heterocycles. The van der Waals surface area contributed by atoms with Crippen molar-refractivity contribution < 1.29 is 33.7 Å². The molecular formula is C35H47N3O7. The smallest absolute Gasteiger partial charge is 0.253 e. The number of imide groups is 1. The van der Waals surface area contributed by atoms with Gasteiger partial charge in [0.25, 0.3) is 11.8 Å². The fraction of sp³-hybridized carbons (Fsp3) is 0.686. The SMILES string of the molecule is COC1CC[C@@]2(CCCO)[C@H]3Cc4ccc(OCCCCC(=O)NCCN5C(=O)C=CC5=O)c5c4[C@@]2(CCN3CC2CC2)[C@H]1O5. The van der Waals surface area contributed by atoms with E-state index in [2.05, 4.69) is 22.3 Å². The van der Waals surface area contributed by atoms with Crippen molar-refractivity contribution >= 4 is 17.7 Å². The summed E-state index contributed by atoms with van der Waals surface area (Å²) in [5.74, 6) is 1.72. The second-order valence-electron chi connectivity index (χ2n) is 14.0. The molecule has 2 N–H and O–H groups in total. The van der Waals surface area contributed by atoms with Crippen LogP contribution >= 0.6 is 0 Å². The van der Waals surface area contributed by atoms with Gasteiger partial charge in [-0.1, -0.05) is 6.07 Å². The van der Waals surface area contributed by atoms with Crippen LogP contribution in [-0.2, 0) is 31.0 Å². The monoisotopic (exact) mass is 621 g/mol. The van der Waals surface area contributed by atoms with E-state index in [1.165, 1.54) is 42.7 Å². The van der Waals surface area contributed by atoms with Gasteiger partial charge in [-0.05, 0) is 93.7 Å². The molecule has 6 aliphatic rings. The van der Waals surface area contributed by atoms with Crippen LogP contribution in [0, 0.1) is 11.3 Å². The van der Waals surface area contributed by atoms with Gasteiger partial charge < -0.3 is 24.6 Å². The van der Waals surface area contributed by atoms with E-state index in [9.17, 15) is 19.5 Å². The van der Waals surface area contributed by atoms with Crippen molar-refractivity contribution in [1.29, 1.82) is 0 Å². The number of nitrogens with zero attached hydrogens (tertiary/aromatic N) is 2. The highest BCUT2D eigenvalue weighted by molar-refractivity contribution is 6.12. The fourth-order valence-corrected chi connectivity index (χ4v) is 9.52. The van der Waals surface area contributed by atoms with Crippen LogP contribution in [0.25, 0.3) is 0 Å². The summed E-state index contributed by atoms with van der Waals surface area (Å²) < 4.78 is 19.5. The van der Waals surface area contributed by atoms with Crippen LogP contribution < -0.4 is 14.8 Å². The Labute approximate surface area is 265 Å². The summed E-state index contributed by atoms with van der Waals surface area (Å²) in [5, 5.41) is 12.8. The maximum Gasteiger partial charge on any atom is 0.253 e. The molecule has 1 unspecified atom stereocenters. The number of benzene rings is 1. The molecule has 1 aromatic carbocycles. The molecule has 3 fully saturated rings. The molecule has 10 nitrogen and oxygen atoms in total. The van der Waals surface area contributed by atoms with Gasteiger partial charge in [0.2, 0.25) is 5.91 Å². The predicted octanol–water partition coefficient (Wildman–Crippen LogP) is 2.88. The second-order valence-corrected chi connectivity index (χ2v) is 14.0. The summed E-state index contributed by atoms with van der Waals surface area (Å²) >= 11 is 0. The predicted molar refractivity (Wildman–Crippen MR) is 166 cm³/mol. The number of aliphatic hydroxyl groups is 1. The minimum Gasteiger partial charge on any atom is -0.490 e. The first kappa shape index (κ1) is 30.7. The molecule has 244 valence electrons. The third-order valence-corrected chi connectivity index (χ3v) is 11.7. The van der Waals surface area contributed by atoms with Crippen LogP contribution in [0.1, 0.15) is 75.3 Å². The molecule has 3 amide bonds. The zero-order chi connectivity index (χ0) is 31.2. The lowest BCUT2D eigenvalue weighted by Crippen LogP contribution is -2.73. The van der Waals surface area contributed by atoms with Crippen molar-refractivity contribution in [2.75, 3.05) is 46.5 Å². The Morgan fingerprint density at radius 2 is 1.93 bits per heavy atom. The molecule has 0 radical (unpaired) electrons. The summed E-state index contributed by atoms with van der Waals surface area (Å²) in [5.41, 5.74) is 2.62. The number of methoxy groups -OCH3 is 1. The van der Waals surface area contributed by atoms with Crippen molar-refractivity contribution in [1.82, 2.24) is 15.1 Å². The van der Waals surface area contributed by atoms with E-state index in [0.29, 0.717) is 31.9 Å². The van der Waals surface area contributed by atoms with Crippen LogP contribution in [0.3, 0.4) is 0 Å². The third kappa shape index (κ3) is 5.17. The largest absolute Gasteiger partial charge is 0.490 e.